The van der Waals surface area contributed by atoms with Crippen molar-refractivity contribution in [1.29, 1.82) is 0 Å². The molecule has 0 radical (unpaired) electrons. The van der Waals surface area contributed by atoms with Crippen molar-refractivity contribution in [2.45, 2.75) is 60.8 Å². The summed E-state index contributed by atoms with van der Waals surface area (Å²) in [6.07, 6.45) is 7.96. The number of aromatic nitrogens is 1. The van der Waals surface area contributed by atoms with Gasteiger partial charge in [-0.15, -0.1) is 12.6 Å². The van der Waals surface area contributed by atoms with Gasteiger partial charge in [0, 0.05) is 12.4 Å². The lowest BCUT2D eigenvalue weighted by Crippen LogP contribution is -1.74. The number of H-pyrrole nitrogens is 1. The van der Waals surface area contributed by atoms with Crippen molar-refractivity contribution >= 4 is 18.2 Å². The number of allylic oxidation sites excluding steroid dienone is 2. The third-order valence-corrected chi connectivity index (χ3v) is 2.62. The molecule has 0 aliphatic carbocycles. The summed E-state index contributed by atoms with van der Waals surface area (Å²) in [5, 5.41) is 0. The highest BCUT2D eigenvalue weighted by Gasteiger charge is 1.95. The summed E-state index contributed by atoms with van der Waals surface area (Å²) in [5.41, 5.74) is 2.44. The minimum atomic E-state index is 1.07. The van der Waals surface area contributed by atoms with Crippen molar-refractivity contribution in [2.75, 3.05) is 0 Å². The summed E-state index contributed by atoms with van der Waals surface area (Å²) in [5.74, 6) is 0. The Kier molecular flexibility index (Phi) is 14.8. The van der Waals surface area contributed by atoms with Crippen LogP contribution >= 0.6 is 12.6 Å². The highest BCUT2D eigenvalue weighted by atomic mass is 32.1. The van der Waals surface area contributed by atoms with E-state index in [1.807, 2.05) is 39.2 Å². The van der Waals surface area contributed by atoms with Crippen LogP contribution in [0.25, 0.3) is 5.57 Å². The Bertz CT molecular complexity index is 267. The van der Waals surface area contributed by atoms with Crippen molar-refractivity contribution < 1.29 is 0 Å². The van der Waals surface area contributed by atoms with Crippen LogP contribution in [0.15, 0.2) is 23.4 Å². The van der Waals surface area contributed by atoms with Crippen molar-refractivity contribution in [2.24, 2.45) is 0 Å². The van der Waals surface area contributed by atoms with Gasteiger partial charge in [0.1, 0.15) is 0 Å². The van der Waals surface area contributed by atoms with Crippen LogP contribution in [0.4, 0.5) is 0 Å². The molecule has 1 heterocycles. The number of rotatable bonds is 3. The predicted octanol–water partition coefficient (Wildman–Crippen LogP) is 5.92. The maximum atomic E-state index is 4.25. The average molecular weight is 255 g/mol. The number of unbranched alkanes of at least 4 members (excludes halogenated alkanes) is 2. The smallest absolute Gasteiger partial charge is 0.00810 e. The highest BCUT2D eigenvalue weighted by molar-refractivity contribution is 7.84. The molecule has 0 unspecified atom stereocenters. The molecular weight excluding hydrogens is 226 g/mol. The Labute approximate surface area is 113 Å². The van der Waals surface area contributed by atoms with E-state index in [1.54, 1.807) is 0 Å². The van der Waals surface area contributed by atoms with Crippen LogP contribution in [0.1, 0.15) is 66.4 Å². The van der Waals surface area contributed by atoms with E-state index in [4.69, 9.17) is 0 Å². The normalized spacial score (nSPS) is 10.5. The van der Waals surface area contributed by atoms with Gasteiger partial charge in [-0.3, -0.25) is 0 Å². The number of hydrogen-bond donors (Lipinski definition) is 2. The summed E-state index contributed by atoms with van der Waals surface area (Å²) in [7, 11) is 0. The second-order valence-electron chi connectivity index (χ2n) is 3.66. The minimum Gasteiger partial charge on any atom is -0.367 e. The SMILES string of the molecule is C/C(S)=C(\C)c1cc[nH]c1.CC.CCCCC. The summed E-state index contributed by atoms with van der Waals surface area (Å²) in [6.45, 7) is 12.5. The molecule has 17 heavy (non-hydrogen) atoms. The number of nitrogens with one attached hydrogen (secondary N) is 1. The monoisotopic (exact) mass is 255 g/mol. The van der Waals surface area contributed by atoms with Gasteiger partial charge in [0.2, 0.25) is 0 Å². The van der Waals surface area contributed by atoms with Crippen LogP contribution in [0.5, 0.6) is 0 Å². The van der Waals surface area contributed by atoms with Crippen molar-refractivity contribution in [3.8, 4) is 0 Å². The molecule has 0 fully saturated rings. The number of aromatic amines is 1. The fourth-order valence-electron chi connectivity index (χ4n) is 1.12. The van der Waals surface area contributed by atoms with Gasteiger partial charge in [0.15, 0.2) is 0 Å². The average Bonchev–Trinajstić information content (AvgIpc) is 2.86. The zero-order valence-electron chi connectivity index (χ0n) is 12.3. The summed E-state index contributed by atoms with van der Waals surface area (Å²) in [4.78, 5) is 4.07. The zero-order valence-corrected chi connectivity index (χ0v) is 13.2. The first-order valence-electron chi connectivity index (χ1n) is 6.63. The molecule has 0 aromatic carbocycles. The van der Waals surface area contributed by atoms with Gasteiger partial charge in [-0.1, -0.05) is 47.0 Å². The molecule has 0 spiro atoms. The van der Waals surface area contributed by atoms with E-state index in [2.05, 4.69) is 38.4 Å². The standard InChI is InChI=1S/C8H11NS.C5H12.C2H6/c1-6(7(2)10)8-3-4-9-5-8;1-3-5-4-2;1-2/h3-5,9-10H,1-2H3;3-5H2,1-2H3;1-2H3/b7-6-;;. The third-order valence-electron chi connectivity index (χ3n) is 2.28. The first-order chi connectivity index (χ1) is 8.13. The van der Waals surface area contributed by atoms with Crippen LogP contribution in [-0.2, 0) is 0 Å². The molecule has 0 aliphatic rings. The van der Waals surface area contributed by atoms with Crippen LogP contribution in [-0.4, -0.2) is 4.98 Å². The Morgan fingerprint density at radius 2 is 1.71 bits per heavy atom. The Morgan fingerprint density at radius 3 is 1.94 bits per heavy atom. The second-order valence-corrected chi connectivity index (χ2v) is 4.33. The Balaban J connectivity index is 0. The van der Waals surface area contributed by atoms with Crippen LogP contribution in [0.3, 0.4) is 0 Å². The molecule has 1 rings (SSSR count). The van der Waals surface area contributed by atoms with Gasteiger partial charge < -0.3 is 4.98 Å². The van der Waals surface area contributed by atoms with Gasteiger partial charge in [-0.2, -0.15) is 0 Å². The predicted molar refractivity (Wildman–Crippen MR) is 84.6 cm³/mol. The Morgan fingerprint density at radius 1 is 1.18 bits per heavy atom. The molecule has 1 nitrogen and oxygen atoms in total. The van der Waals surface area contributed by atoms with Crippen molar-refractivity contribution in [1.82, 2.24) is 4.98 Å². The maximum absolute atomic E-state index is 4.25. The zero-order chi connectivity index (χ0) is 13.7. The van der Waals surface area contributed by atoms with Gasteiger partial charge in [0.05, 0.1) is 0 Å². The minimum absolute atomic E-state index is 1.07. The quantitative estimate of drug-likeness (QED) is 0.624. The topological polar surface area (TPSA) is 15.8 Å². The van der Waals surface area contributed by atoms with E-state index in [-0.39, 0.29) is 0 Å². The molecule has 0 saturated carbocycles. The van der Waals surface area contributed by atoms with Gasteiger partial charge in [-0.05, 0) is 36.0 Å². The van der Waals surface area contributed by atoms with E-state index in [0.29, 0.717) is 0 Å². The number of hydrogen-bond acceptors (Lipinski definition) is 1. The molecule has 0 saturated heterocycles. The van der Waals surface area contributed by atoms with Crippen LogP contribution in [0.2, 0.25) is 0 Å². The molecule has 1 aromatic rings. The van der Waals surface area contributed by atoms with E-state index in [9.17, 15) is 0 Å². The third kappa shape index (κ3) is 10.3. The summed E-state index contributed by atoms with van der Waals surface area (Å²) in [6, 6.07) is 2.04. The largest absolute Gasteiger partial charge is 0.367 e. The van der Waals surface area contributed by atoms with E-state index < -0.39 is 0 Å². The first kappa shape index (κ1) is 18.7. The van der Waals surface area contributed by atoms with Gasteiger partial charge in [0.25, 0.3) is 0 Å². The molecule has 0 amide bonds. The van der Waals surface area contributed by atoms with Crippen LogP contribution in [0, 0.1) is 0 Å². The number of thiol groups is 1. The van der Waals surface area contributed by atoms with E-state index in [0.717, 1.165) is 4.91 Å². The van der Waals surface area contributed by atoms with Crippen molar-refractivity contribution in [3.05, 3.63) is 28.9 Å². The highest BCUT2D eigenvalue weighted by Crippen LogP contribution is 2.18. The molecule has 0 atom stereocenters. The summed E-state index contributed by atoms with van der Waals surface area (Å²) >= 11 is 4.25. The maximum Gasteiger partial charge on any atom is 0.00810 e. The molecule has 2 heteroatoms. The lowest BCUT2D eigenvalue weighted by Gasteiger charge is -1.97. The molecule has 1 N–H and O–H groups in total. The van der Waals surface area contributed by atoms with Crippen LogP contribution < -0.4 is 0 Å². The lowest BCUT2D eigenvalue weighted by molar-refractivity contribution is 0.772. The summed E-state index contributed by atoms with van der Waals surface area (Å²) < 4.78 is 0. The fourth-order valence-corrected chi connectivity index (χ4v) is 1.25. The molecule has 0 aliphatic heterocycles. The second kappa shape index (κ2) is 13.4. The Hall–Kier alpha value is -0.630. The van der Waals surface area contributed by atoms with E-state index >= 15 is 0 Å². The molecular formula is C15H29NS. The van der Waals surface area contributed by atoms with E-state index in [1.165, 1.54) is 30.4 Å². The van der Waals surface area contributed by atoms with Gasteiger partial charge >= 0.3 is 0 Å². The first-order valence-corrected chi connectivity index (χ1v) is 7.07. The molecule has 1 aromatic heterocycles. The van der Waals surface area contributed by atoms with Crippen molar-refractivity contribution in [3.63, 3.8) is 0 Å². The molecule has 100 valence electrons. The lowest BCUT2D eigenvalue weighted by atomic mass is 10.1. The van der Waals surface area contributed by atoms with Gasteiger partial charge in [-0.25, -0.2) is 0 Å². The fraction of sp³-hybridized carbons (Fsp3) is 0.600. The molecule has 0 bridgehead atoms.